The summed E-state index contributed by atoms with van der Waals surface area (Å²) in [5.41, 5.74) is 0.416. The maximum Gasteiger partial charge on any atom is 0.267 e. The van der Waals surface area contributed by atoms with E-state index < -0.39 is 0 Å². The molecule has 1 saturated carbocycles. The van der Waals surface area contributed by atoms with Crippen LogP contribution in [-0.4, -0.2) is 39.3 Å². The summed E-state index contributed by atoms with van der Waals surface area (Å²) in [6.07, 6.45) is 3.04. The van der Waals surface area contributed by atoms with E-state index in [1.165, 1.54) is 22.9 Å². The van der Waals surface area contributed by atoms with Gasteiger partial charge in [0, 0.05) is 12.1 Å². The predicted molar refractivity (Wildman–Crippen MR) is 96.9 cm³/mol. The van der Waals surface area contributed by atoms with Gasteiger partial charge in [0.25, 0.3) is 5.56 Å². The highest BCUT2D eigenvalue weighted by atomic mass is 19.1. The minimum absolute atomic E-state index is 0.0261. The average molecular weight is 371 g/mol. The number of benzene rings is 1. The highest BCUT2D eigenvalue weighted by Gasteiger charge is 2.48. The number of aromatic nitrogens is 2. The molecule has 0 N–H and O–H groups in total. The maximum atomic E-state index is 13.0. The third-order valence-electron chi connectivity index (χ3n) is 5.55. The molecule has 1 amide bonds. The average Bonchev–Trinajstić information content (AvgIpc) is 3.25. The van der Waals surface area contributed by atoms with Gasteiger partial charge in [-0.1, -0.05) is 0 Å². The topological polar surface area (TPSA) is 64.4 Å². The number of halogens is 1. The first-order chi connectivity index (χ1) is 13.0. The van der Waals surface area contributed by atoms with Crippen LogP contribution in [0.5, 0.6) is 5.75 Å². The summed E-state index contributed by atoms with van der Waals surface area (Å²) in [5, 5.41) is 4.16. The van der Waals surface area contributed by atoms with Crippen LogP contribution < -0.4 is 10.3 Å². The quantitative estimate of drug-likeness (QED) is 0.808. The third kappa shape index (κ3) is 3.59. The van der Waals surface area contributed by atoms with Crippen molar-refractivity contribution in [3.63, 3.8) is 0 Å². The molecule has 7 heteroatoms. The van der Waals surface area contributed by atoms with E-state index in [9.17, 15) is 14.0 Å². The molecule has 2 bridgehead atoms. The van der Waals surface area contributed by atoms with Crippen LogP contribution in [0.15, 0.2) is 41.2 Å². The largest absolute Gasteiger partial charge is 0.491 e. The number of hydrogen-bond acceptors (Lipinski definition) is 4. The predicted octanol–water partition coefficient (Wildman–Crippen LogP) is 2.15. The lowest BCUT2D eigenvalue weighted by molar-refractivity contribution is -0.137. The third-order valence-corrected chi connectivity index (χ3v) is 5.55. The number of likely N-dealkylation sites (tertiary alicyclic amines) is 1. The van der Waals surface area contributed by atoms with E-state index >= 15 is 0 Å². The molecule has 1 aromatic heterocycles. The van der Waals surface area contributed by atoms with Gasteiger partial charge in [0.2, 0.25) is 5.91 Å². The van der Waals surface area contributed by atoms with Crippen molar-refractivity contribution < 1.29 is 13.9 Å². The van der Waals surface area contributed by atoms with Crippen molar-refractivity contribution in [2.45, 2.75) is 44.8 Å². The first-order valence-corrected chi connectivity index (χ1v) is 9.25. The molecule has 1 saturated heterocycles. The first-order valence-electron chi connectivity index (χ1n) is 9.25. The van der Waals surface area contributed by atoms with Gasteiger partial charge >= 0.3 is 0 Å². The molecule has 1 aliphatic carbocycles. The Hall–Kier alpha value is -2.70. The minimum atomic E-state index is -0.310. The molecule has 1 aliphatic heterocycles. The van der Waals surface area contributed by atoms with E-state index in [2.05, 4.69) is 5.10 Å². The van der Waals surface area contributed by atoms with E-state index in [1.807, 2.05) is 4.90 Å². The molecule has 142 valence electrons. The molecule has 2 fully saturated rings. The normalized spacial score (nSPS) is 23.6. The van der Waals surface area contributed by atoms with Crippen molar-refractivity contribution in [3.8, 4) is 5.75 Å². The SMILES string of the molecule is Cc1ccc(=O)n(CC(=O)N2[C@@H]3CC[C@H](C3)[C@@H]2COc2ccc(F)cc2)n1. The summed E-state index contributed by atoms with van der Waals surface area (Å²) in [6, 6.07) is 9.13. The van der Waals surface area contributed by atoms with E-state index in [1.54, 1.807) is 25.1 Å². The Bertz CT molecular complexity index is 896. The zero-order valence-electron chi connectivity index (χ0n) is 15.2. The summed E-state index contributed by atoms with van der Waals surface area (Å²) in [4.78, 5) is 26.8. The summed E-state index contributed by atoms with van der Waals surface area (Å²) in [5.74, 6) is 0.579. The number of fused-ring (bicyclic) bond motifs is 2. The van der Waals surface area contributed by atoms with Gasteiger partial charge in [-0.15, -0.1) is 0 Å². The van der Waals surface area contributed by atoms with E-state index in [0.717, 1.165) is 19.3 Å². The van der Waals surface area contributed by atoms with Gasteiger partial charge in [0.05, 0.1) is 11.7 Å². The number of ether oxygens (including phenoxy) is 1. The molecule has 2 aliphatic rings. The van der Waals surface area contributed by atoms with E-state index in [-0.39, 0.29) is 35.9 Å². The van der Waals surface area contributed by atoms with Crippen molar-refractivity contribution in [3.05, 3.63) is 58.3 Å². The van der Waals surface area contributed by atoms with Crippen molar-refractivity contribution >= 4 is 5.91 Å². The molecule has 0 radical (unpaired) electrons. The lowest BCUT2D eigenvalue weighted by Gasteiger charge is -2.35. The molecule has 0 unspecified atom stereocenters. The Morgan fingerprint density at radius 2 is 2.00 bits per heavy atom. The molecule has 27 heavy (non-hydrogen) atoms. The van der Waals surface area contributed by atoms with Gasteiger partial charge in [-0.25, -0.2) is 9.07 Å². The fourth-order valence-corrected chi connectivity index (χ4v) is 4.28. The highest BCUT2D eigenvalue weighted by molar-refractivity contribution is 5.77. The van der Waals surface area contributed by atoms with Crippen LogP contribution in [0, 0.1) is 18.7 Å². The molecule has 3 atom stereocenters. The maximum absolute atomic E-state index is 13.0. The van der Waals surface area contributed by atoms with Crippen LogP contribution in [-0.2, 0) is 11.3 Å². The monoisotopic (exact) mass is 371 g/mol. The molecule has 0 spiro atoms. The van der Waals surface area contributed by atoms with Crippen LogP contribution >= 0.6 is 0 Å². The second-order valence-corrected chi connectivity index (χ2v) is 7.33. The summed E-state index contributed by atoms with van der Waals surface area (Å²) in [6.45, 7) is 2.10. The van der Waals surface area contributed by atoms with Gasteiger partial charge < -0.3 is 9.64 Å². The Labute approximate surface area is 156 Å². The van der Waals surface area contributed by atoms with Crippen molar-refractivity contribution in [1.29, 1.82) is 0 Å². The van der Waals surface area contributed by atoms with Gasteiger partial charge in [-0.2, -0.15) is 5.10 Å². The highest BCUT2D eigenvalue weighted by Crippen LogP contribution is 2.42. The molecular weight excluding hydrogens is 349 g/mol. The van der Waals surface area contributed by atoms with Crippen molar-refractivity contribution in [2.24, 2.45) is 5.92 Å². The van der Waals surface area contributed by atoms with Crippen molar-refractivity contribution in [2.75, 3.05) is 6.61 Å². The number of aryl methyl sites for hydroxylation is 1. The number of carbonyl (C=O) groups excluding carboxylic acids is 1. The van der Waals surface area contributed by atoms with Crippen LogP contribution in [0.2, 0.25) is 0 Å². The number of piperidine rings is 1. The first kappa shape index (κ1) is 17.7. The zero-order valence-corrected chi connectivity index (χ0v) is 15.2. The lowest BCUT2D eigenvalue weighted by atomic mass is 9.99. The number of amides is 1. The second kappa shape index (κ2) is 7.13. The van der Waals surface area contributed by atoms with E-state index in [4.69, 9.17) is 4.74 Å². The van der Waals surface area contributed by atoms with Crippen molar-refractivity contribution in [1.82, 2.24) is 14.7 Å². The Balaban J connectivity index is 1.47. The Morgan fingerprint density at radius 3 is 2.78 bits per heavy atom. The van der Waals surface area contributed by atoms with Gasteiger partial charge in [-0.05, 0) is 62.4 Å². The Kier molecular flexibility index (Phi) is 4.68. The molecule has 4 rings (SSSR count). The summed E-state index contributed by atoms with van der Waals surface area (Å²) < 4.78 is 20.1. The summed E-state index contributed by atoms with van der Waals surface area (Å²) in [7, 11) is 0. The van der Waals surface area contributed by atoms with Crippen LogP contribution in [0.1, 0.15) is 25.0 Å². The number of nitrogens with zero attached hydrogens (tertiary/aromatic N) is 3. The number of rotatable bonds is 5. The van der Waals surface area contributed by atoms with Crippen LogP contribution in [0.25, 0.3) is 0 Å². The fourth-order valence-electron chi connectivity index (χ4n) is 4.28. The smallest absolute Gasteiger partial charge is 0.267 e. The molecule has 2 heterocycles. The minimum Gasteiger partial charge on any atom is -0.491 e. The zero-order chi connectivity index (χ0) is 19.0. The van der Waals surface area contributed by atoms with Gasteiger partial charge in [-0.3, -0.25) is 9.59 Å². The lowest BCUT2D eigenvalue weighted by Crippen LogP contribution is -2.49. The molecule has 6 nitrogen and oxygen atoms in total. The van der Waals surface area contributed by atoms with Gasteiger partial charge in [0.1, 0.15) is 24.7 Å². The molecular formula is C20H22FN3O3. The molecule has 2 aromatic rings. The molecule has 1 aromatic carbocycles. The number of hydrogen-bond donors (Lipinski definition) is 0. The van der Waals surface area contributed by atoms with Crippen LogP contribution in [0.4, 0.5) is 4.39 Å². The fraction of sp³-hybridized carbons (Fsp3) is 0.450. The van der Waals surface area contributed by atoms with E-state index in [0.29, 0.717) is 24.0 Å². The standard InChI is InChI=1S/C20H22FN3O3/c1-13-2-9-19(25)23(22-13)11-20(26)24-16-6-3-14(10-16)18(24)12-27-17-7-4-15(21)5-8-17/h2,4-5,7-9,14,16,18H,3,6,10-12H2,1H3/t14-,16-,18+/m1/s1. The summed E-state index contributed by atoms with van der Waals surface area (Å²) >= 11 is 0. The Morgan fingerprint density at radius 1 is 1.22 bits per heavy atom. The second-order valence-electron chi connectivity index (χ2n) is 7.33. The number of carbonyl (C=O) groups is 1. The van der Waals surface area contributed by atoms with Crippen LogP contribution in [0.3, 0.4) is 0 Å². The van der Waals surface area contributed by atoms with Gasteiger partial charge in [0.15, 0.2) is 0 Å².